The minimum absolute atomic E-state index is 0.0237. The Hall–Kier alpha value is -0.830. The van der Waals surface area contributed by atoms with Crippen LogP contribution in [0.3, 0.4) is 0 Å². The van der Waals surface area contributed by atoms with Gasteiger partial charge in [-0.05, 0) is 129 Å². The molecule has 0 aromatic heterocycles. The lowest BCUT2D eigenvalue weighted by Crippen LogP contribution is -2.62. The van der Waals surface area contributed by atoms with Gasteiger partial charge < -0.3 is 29.2 Å². The van der Waals surface area contributed by atoms with Crippen LogP contribution in [0, 0.1) is 28.6 Å². The maximum absolute atomic E-state index is 13.8. The molecule has 40 heavy (non-hydrogen) atoms. The number of carbonyl (C=O) groups excluding carboxylic acids is 1. The van der Waals surface area contributed by atoms with Crippen LogP contribution in [0.25, 0.3) is 0 Å². The minimum Gasteiger partial charge on any atom is -0.390 e. The second kappa shape index (κ2) is 8.63. The molecular weight excluding hydrogens is 508 g/mol. The van der Waals surface area contributed by atoms with Crippen molar-refractivity contribution in [1.29, 1.82) is 0 Å². The third-order valence-corrected chi connectivity index (χ3v) is 12.2. The van der Waals surface area contributed by atoms with E-state index in [0.717, 1.165) is 31.3 Å². The molecular formula is C33H52O7. The van der Waals surface area contributed by atoms with Crippen molar-refractivity contribution < 1.29 is 34.0 Å². The van der Waals surface area contributed by atoms with Gasteiger partial charge in [-0.25, -0.2) is 0 Å². The molecule has 7 nitrogen and oxygen atoms in total. The van der Waals surface area contributed by atoms with Gasteiger partial charge >= 0.3 is 0 Å². The molecule has 0 radical (unpaired) electrons. The highest BCUT2D eigenvalue weighted by Crippen LogP contribution is 2.70. The number of fused-ring (bicyclic) bond motifs is 6. The van der Waals surface area contributed by atoms with Gasteiger partial charge in [-0.15, -0.1) is 0 Å². The van der Waals surface area contributed by atoms with E-state index in [9.17, 15) is 15.0 Å². The number of aliphatic hydroxyl groups is 2. The summed E-state index contributed by atoms with van der Waals surface area (Å²) in [5.41, 5.74) is -2.28. The molecule has 5 fully saturated rings. The van der Waals surface area contributed by atoms with Crippen molar-refractivity contribution in [3.05, 3.63) is 11.6 Å². The first-order valence-electron chi connectivity index (χ1n) is 15.7. The van der Waals surface area contributed by atoms with Gasteiger partial charge in [-0.3, -0.25) is 4.79 Å². The summed E-state index contributed by atoms with van der Waals surface area (Å²) in [5, 5.41) is 23.3. The van der Waals surface area contributed by atoms with Crippen molar-refractivity contribution in [2.45, 2.75) is 160 Å². The van der Waals surface area contributed by atoms with Crippen LogP contribution in [0.15, 0.2) is 11.6 Å². The summed E-state index contributed by atoms with van der Waals surface area (Å²) in [6.07, 6.45) is 7.51. The molecule has 0 amide bonds. The van der Waals surface area contributed by atoms with Crippen LogP contribution in [-0.2, 0) is 23.7 Å². The molecule has 0 spiro atoms. The predicted molar refractivity (Wildman–Crippen MR) is 150 cm³/mol. The van der Waals surface area contributed by atoms with E-state index in [1.54, 1.807) is 0 Å². The van der Waals surface area contributed by atoms with Crippen molar-refractivity contribution in [2.24, 2.45) is 28.6 Å². The Balaban J connectivity index is 1.33. The molecule has 7 heteroatoms. The molecule has 5 unspecified atom stereocenters. The third-order valence-electron chi connectivity index (χ3n) is 12.2. The predicted octanol–water partition coefficient (Wildman–Crippen LogP) is 5.45. The summed E-state index contributed by atoms with van der Waals surface area (Å²) < 4.78 is 25.8. The number of ether oxygens (including phenoxy) is 4. The molecule has 10 atom stereocenters. The molecule has 226 valence electrons. The molecule has 3 saturated carbocycles. The molecule has 4 aliphatic carbocycles. The van der Waals surface area contributed by atoms with Crippen molar-refractivity contribution >= 4 is 5.78 Å². The largest absolute Gasteiger partial charge is 0.390 e. The van der Waals surface area contributed by atoms with Crippen molar-refractivity contribution in [1.82, 2.24) is 0 Å². The normalized spacial score (nSPS) is 51.1. The highest BCUT2D eigenvalue weighted by molar-refractivity contribution is 5.95. The number of hydrogen-bond acceptors (Lipinski definition) is 7. The fraction of sp³-hybridized carbons (Fsp3) is 0.909. The Morgan fingerprint density at radius 1 is 0.925 bits per heavy atom. The molecule has 6 rings (SSSR count). The number of rotatable bonds is 4. The Morgan fingerprint density at radius 2 is 1.60 bits per heavy atom. The zero-order valence-corrected chi connectivity index (χ0v) is 26.1. The lowest BCUT2D eigenvalue weighted by molar-refractivity contribution is -0.190. The van der Waals surface area contributed by atoms with Gasteiger partial charge in [0.15, 0.2) is 17.4 Å². The third kappa shape index (κ3) is 4.16. The maximum Gasteiger partial charge on any atom is 0.164 e. The standard InChI is InChI=1S/C33H52O7/c1-27(2,35)13-12-26-32(9,40-29(5,6)39-26)25-11-15-33(36)20-16-22(34)21-17-23-24(38-28(3,4)37-23)18-30(21,7)19(20)10-14-31(25,33)8/h16,19,21,23-26,35-36H,10-15,17-18H2,1-9H3/t19?,21?,23-,24+,25?,26-,30?,31?,32-,33-/m1/s1. The van der Waals surface area contributed by atoms with E-state index in [1.165, 1.54) is 0 Å². The van der Waals surface area contributed by atoms with Gasteiger partial charge in [0.1, 0.15) is 0 Å². The lowest BCUT2D eigenvalue weighted by Gasteiger charge is -2.60. The number of carbonyl (C=O) groups is 1. The number of ketones is 1. The number of hydrogen-bond donors (Lipinski definition) is 2. The van der Waals surface area contributed by atoms with Crippen LogP contribution in [-0.4, -0.2) is 62.7 Å². The molecule has 0 bridgehead atoms. The molecule has 2 aliphatic heterocycles. The zero-order chi connectivity index (χ0) is 29.3. The fourth-order valence-electron chi connectivity index (χ4n) is 10.5. The Labute approximate surface area is 240 Å². The second-order valence-corrected chi connectivity index (χ2v) is 16.3. The van der Waals surface area contributed by atoms with Crippen LogP contribution in [0.1, 0.15) is 114 Å². The Kier molecular flexibility index (Phi) is 6.31. The quantitative estimate of drug-likeness (QED) is 0.472. The van der Waals surface area contributed by atoms with Crippen LogP contribution in [0.4, 0.5) is 0 Å². The van der Waals surface area contributed by atoms with Gasteiger partial charge in [0.05, 0.1) is 35.1 Å². The van der Waals surface area contributed by atoms with E-state index in [4.69, 9.17) is 18.9 Å². The average molecular weight is 561 g/mol. The van der Waals surface area contributed by atoms with E-state index in [0.29, 0.717) is 25.7 Å². The van der Waals surface area contributed by atoms with Crippen molar-refractivity contribution in [3.63, 3.8) is 0 Å². The highest BCUT2D eigenvalue weighted by atomic mass is 16.8. The molecule has 0 aromatic carbocycles. The van der Waals surface area contributed by atoms with E-state index >= 15 is 0 Å². The number of allylic oxidation sites excluding steroid dienone is 1. The Bertz CT molecular complexity index is 1100. The average Bonchev–Trinajstić information content (AvgIpc) is 3.34. The summed E-state index contributed by atoms with van der Waals surface area (Å²) in [7, 11) is 0. The maximum atomic E-state index is 13.8. The van der Waals surface area contributed by atoms with Crippen LogP contribution in [0.2, 0.25) is 0 Å². The summed E-state index contributed by atoms with van der Waals surface area (Å²) in [6.45, 7) is 18.2. The first-order chi connectivity index (χ1) is 18.2. The van der Waals surface area contributed by atoms with E-state index < -0.39 is 33.8 Å². The fourth-order valence-corrected chi connectivity index (χ4v) is 10.5. The smallest absolute Gasteiger partial charge is 0.164 e. The van der Waals surface area contributed by atoms with Gasteiger partial charge in [0, 0.05) is 11.3 Å². The minimum atomic E-state index is -1.08. The summed E-state index contributed by atoms with van der Waals surface area (Å²) in [4.78, 5) is 13.8. The zero-order valence-electron chi connectivity index (χ0n) is 26.1. The molecule has 2 saturated heterocycles. The first-order valence-corrected chi connectivity index (χ1v) is 15.7. The monoisotopic (exact) mass is 560 g/mol. The van der Waals surface area contributed by atoms with Gasteiger partial charge in [0.2, 0.25) is 0 Å². The van der Waals surface area contributed by atoms with E-state index in [-0.39, 0.29) is 47.3 Å². The summed E-state index contributed by atoms with van der Waals surface area (Å²) >= 11 is 0. The van der Waals surface area contributed by atoms with Gasteiger partial charge in [0.25, 0.3) is 0 Å². The topological polar surface area (TPSA) is 94.5 Å². The Morgan fingerprint density at radius 3 is 2.27 bits per heavy atom. The molecule has 2 N–H and O–H groups in total. The van der Waals surface area contributed by atoms with Crippen molar-refractivity contribution in [3.8, 4) is 0 Å². The molecule has 0 aromatic rings. The SMILES string of the molecule is CC(C)(O)CC[C@H]1OC(C)(C)O[C@]1(C)C1CC[C@@]2(O)C3=CC(=O)C4C[C@H]5OC(C)(C)O[C@H]5CC4(C)C3CCC12C. The second-order valence-electron chi connectivity index (χ2n) is 16.3. The van der Waals surface area contributed by atoms with Crippen LogP contribution >= 0.6 is 0 Å². The van der Waals surface area contributed by atoms with Gasteiger partial charge in [-0.1, -0.05) is 13.8 Å². The van der Waals surface area contributed by atoms with E-state index in [1.807, 2.05) is 47.6 Å². The summed E-state index contributed by atoms with van der Waals surface area (Å²) in [5.74, 6) is -1.17. The summed E-state index contributed by atoms with van der Waals surface area (Å²) in [6, 6.07) is 0. The highest BCUT2D eigenvalue weighted by Gasteiger charge is 2.71. The van der Waals surface area contributed by atoms with Crippen molar-refractivity contribution in [2.75, 3.05) is 0 Å². The molecule has 6 aliphatic rings. The van der Waals surface area contributed by atoms with Gasteiger partial charge in [-0.2, -0.15) is 0 Å². The first kappa shape index (κ1) is 29.3. The molecule has 2 heterocycles. The van der Waals surface area contributed by atoms with Crippen LogP contribution < -0.4 is 0 Å². The van der Waals surface area contributed by atoms with E-state index in [2.05, 4.69) is 20.8 Å². The lowest BCUT2D eigenvalue weighted by atomic mass is 9.45. The van der Waals surface area contributed by atoms with Crippen LogP contribution in [0.5, 0.6) is 0 Å².